The van der Waals surface area contributed by atoms with Gasteiger partial charge < -0.3 is 10.1 Å². The Kier molecular flexibility index (Phi) is 0.393. The summed E-state index contributed by atoms with van der Waals surface area (Å²) in [4.78, 5) is 3.67. The van der Waals surface area contributed by atoms with Crippen molar-refractivity contribution >= 4 is 11.3 Å². The van der Waals surface area contributed by atoms with Crippen molar-refractivity contribution in [2.45, 2.75) is 0 Å². The van der Waals surface area contributed by atoms with Gasteiger partial charge >= 0.3 is 0 Å². The van der Waals surface area contributed by atoms with Gasteiger partial charge in [0.25, 0.3) is 0 Å². The number of nitrogens with zero attached hydrogens (tertiary/aromatic N) is 2. The Morgan fingerprint density at radius 1 is 1.60 bits per heavy atom. The summed E-state index contributed by atoms with van der Waals surface area (Å²) < 4.78 is 38.2. The van der Waals surface area contributed by atoms with Gasteiger partial charge in [-0.2, -0.15) is 0 Å². The van der Waals surface area contributed by atoms with Crippen LogP contribution >= 0.6 is 0 Å². The van der Waals surface area contributed by atoms with E-state index in [0.29, 0.717) is 0 Å². The van der Waals surface area contributed by atoms with Crippen molar-refractivity contribution in [1.29, 1.82) is 0 Å². The van der Waals surface area contributed by atoms with Crippen LogP contribution in [0.5, 0.6) is 0 Å². The Morgan fingerprint density at radius 3 is 3.40 bits per heavy atom. The molecule has 50 valence electrons. The first-order valence-electron chi connectivity index (χ1n) is 5.16. The second-order valence-corrected chi connectivity index (χ2v) is 1.77. The average molecular weight is 138 g/mol. The Labute approximate surface area is 65.1 Å². The quantitative estimate of drug-likeness (QED) is 0.588. The first-order chi connectivity index (χ1) is 6.95. The van der Waals surface area contributed by atoms with Crippen LogP contribution in [-0.4, -0.2) is 9.38 Å². The molecule has 0 saturated carbocycles. The van der Waals surface area contributed by atoms with Gasteiger partial charge in [0.05, 0.1) is 12.5 Å². The third-order valence-electron chi connectivity index (χ3n) is 1.14. The average Bonchev–Trinajstić information content (AvgIpc) is 2.50. The molecule has 0 bridgehead atoms. The SMILES string of the molecule is [2H]c1nc2c(N)c([2H])c([2H])c([2H])n2c1[2H]. The minimum Gasteiger partial charge on any atom is -0.396 e. The van der Waals surface area contributed by atoms with Gasteiger partial charge in [0.15, 0.2) is 5.65 Å². The van der Waals surface area contributed by atoms with Gasteiger partial charge in [-0.25, -0.2) is 4.98 Å². The number of rotatable bonds is 0. The van der Waals surface area contributed by atoms with Gasteiger partial charge in [-0.1, -0.05) is 0 Å². The summed E-state index contributed by atoms with van der Waals surface area (Å²) >= 11 is 0. The van der Waals surface area contributed by atoms with Crippen molar-refractivity contribution in [3.8, 4) is 0 Å². The molecular weight excluding hydrogens is 126 g/mol. The second kappa shape index (κ2) is 1.73. The maximum Gasteiger partial charge on any atom is 0.159 e. The lowest BCUT2D eigenvalue weighted by Crippen LogP contribution is -1.90. The van der Waals surface area contributed by atoms with Crippen LogP contribution in [0.4, 0.5) is 5.69 Å². The summed E-state index contributed by atoms with van der Waals surface area (Å²) in [6.07, 6.45) is -0.962. The number of anilines is 1. The lowest BCUT2D eigenvalue weighted by molar-refractivity contribution is 1.19. The van der Waals surface area contributed by atoms with Crippen LogP contribution in [0.25, 0.3) is 5.65 Å². The van der Waals surface area contributed by atoms with Gasteiger partial charge in [-0.15, -0.1) is 0 Å². The lowest BCUT2D eigenvalue weighted by Gasteiger charge is -1.94. The molecule has 2 rings (SSSR count). The van der Waals surface area contributed by atoms with Crippen LogP contribution in [-0.2, 0) is 0 Å². The molecule has 0 spiro atoms. The largest absolute Gasteiger partial charge is 0.396 e. The van der Waals surface area contributed by atoms with Gasteiger partial charge in [0.1, 0.15) is 0 Å². The Balaban J connectivity index is 3.07. The molecule has 0 aromatic carbocycles. The number of fused-ring (bicyclic) bond motifs is 1. The summed E-state index contributed by atoms with van der Waals surface area (Å²) in [6.45, 7) is 0. The molecule has 0 saturated heterocycles. The zero-order chi connectivity index (χ0) is 11.3. The van der Waals surface area contributed by atoms with E-state index in [-0.39, 0.29) is 41.9 Å². The van der Waals surface area contributed by atoms with E-state index in [1.807, 2.05) is 0 Å². The summed E-state index contributed by atoms with van der Waals surface area (Å²) in [6, 6.07) is -0.664. The van der Waals surface area contributed by atoms with E-state index >= 15 is 0 Å². The predicted molar refractivity (Wildman–Crippen MR) is 39.6 cm³/mol. The summed E-state index contributed by atoms with van der Waals surface area (Å²) in [5.74, 6) is 0. The maximum atomic E-state index is 7.54. The number of hydrogen-bond acceptors (Lipinski definition) is 2. The normalized spacial score (nSPS) is 17.4. The summed E-state index contributed by atoms with van der Waals surface area (Å²) in [7, 11) is 0. The number of aromatic nitrogens is 2. The lowest BCUT2D eigenvalue weighted by atomic mass is 10.4. The minimum atomic E-state index is -0.370. The Morgan fingerprint density at radius 2 is 2.50 bits per heavy atom. The highest BCUT2D eigenvalue weighted by Gasteiger charge is 1.94. The van der Waals surface area contributed by atoms with Crippen molar-refractivity contribution in [2.24, 2.45) is 0 Å². The summed E-state index contributed by atoms with van der Waals surface area (Å²) in [5, 5.41) is 0. The molecule has 0 amide bonds. The molecule has 0 radical (unpaired) electrons. The first-order valence-corrected chi connectivity index (χ1v) is 2.66. The number of imidazole rings is 1. The number of nitrogens with two attached hydrogens (primary N) is 1. The van der Waals surface area contributed by atoms with Crippen LogP contribution in [0, 0.1) is 0 Å². The van der Waals surface area contributed by atoms with E-state index < -0.39 is 0 Å². The highest BCUT2D eigenvalue weighted by Crippen LogP contribution is 2.08. The van der Waals surface area contributed by atoms with E-state index in [1.165, 1.54) is 0 Å². The summed E-state index contributed by atoms with van der Waals surface area (Å²) in [5.41, 5.74) is 5.47. The van der Waals surface area contributed by atoms with Crippen LogP contribution in [0.15, 0.2) is 30.6 Å². The van der Waals surface area contributed by atoms with Crippen molar-refractivity contribution < 1.29 is 6.85 Å². The van der Waals surface area contributed by atoms with E-state index in [0.717, 1.165) is 4.40 Å². The smallest absolute Gasteiger partial charge is 0.159 e. The zero-order valence-electron chi connectivity index (χ0n) is 9.97. The molecule has 10 heavy (non-hydrogen) atoms. The Bertz CT molecular complexity index is 562. The van der Waals surface area contributed by atoms with Crippen molar-refractivity contribution in [3.05, 3.63) is 30.6 Å². The molecule has 2 N–H and O–H groups in total. The fourth-order valence-electron chi connectivity index (χ4n) is 0.700. The molecule has 3 heteroatoms. The molecule has 0 aliphatic rings. The van der Waals surface area contributed by atoms with Crippen molar-refractivity contribution in [3.63, 3.8) is 0 Å². The molecule has 0 aliphatic heterocycles. The maximum absolute atomic E-state index is 7.54. The Hall–Kier alpha value is -1.51. The van der Waals surface area contributed by atoms with E-state index in [2.05, 4.69) is 4.98 Å². The minimum absolute atomic E-state index is 0.0241. The molecule has 2 heterocycles. The molecular formula is C7H7N3. The van der Waals surface area contributed by atoms with Crippen LogP contribution in [0.1, 0.15) is 6.85 Å². The zero-order valence-corrected chi connectivity index (χ0v) is 4.97. The van der Waals surface area contributed by atoms with Gasteiger partial charge in [0, 0.05) is 18.5 Å². The van der Waals surface area contributed by atoms with Gasteiger partial charge in [0.2, 0.25) is 0 Å². The highest BCUT2D eigenvalue weighted by molar-refractivity contribution is 5.63. The van der Waals surface area contributed by atoms with Crippen LogP contribution in [0.3, 0.4) is 0 Å². The van der Waals surface area contributed by atoms with E-state index in [4.69, 9.17) is 12.6 Å². The van der Waals surface area contributed by atoms with E-state index in [1.54, 1.807) is 0 Å². The standard InChI is InChI=1S/C7H7N3/c8-6-2-1-4-10-5-3-9-7(6)10/h1-5H,8H2/i1D,2D,3D,4D,5D. The van der Waals surface area contributed by atoms with Gasteiger partial charge in [-0.3, -0.25) is 0 Å². The van der Waals surface area contributed by atoms with Crippen LogP contribution in [0.2, 0.25) is 0 Å². The fourth-order valence-corrected chi connectivity index (χ4v) is 0.700. The molecule has 0 aliphatic carbocycles. The molecule has 3 nitrogen and oxygen atoms in total. The van der Waals surface area contributed by atoms with Gasteiger partial charge in [-0.05, 0) is 12.1 Å². The highest BCUT2D eigenvalue weighted by atomic mass is 15.0. The predicted octanol–water partition coefficient (Wildman–Crippen LogP) is 0.916. The topological polar surface area (TPSA) is 43.3 Å². The van der Waals surface area contributed by atoms with Crippen LogP contribution < -0.4 is 5.73 Å². The fraction of sp³-hybridized carbons (Fsp3) is 0. The first kappa shape index (κ1) is 2.27. The van der Waals surface area contributed by atoms with E-state index in [9.17, 15) is 0 Å². The van der Waals surface area contributed by atoms with Crippen molar-refractivity contribution in [2.75, 3.05) is 5.73 Å². The molecule has 0 unspecified atom stereocenters. The number of pyridine rings is 1. The van der Waals surface area contributed by atoms with Crippen molar-refractivity contribution in [1.82, 2.24) is 9.38 Å². The number of hydrogen-bond donors (Lipinski definition) is 1. The number of nitrogen functional groups attached to an aromatic ring is 1. The third-order valence-corrected chi connectivity index (χ3v) is 1.14. The molecule has 2 aromatic rings. The second-order valence-electron chi connectivity index (χ2n) is 1.77. The molecule has 0 fully saturated rings. The molecule has 0 atom stereocenters. The third kappa shape index (κ3) is 0.572. The molecule has 2 aromatic heterocycles. The monoisotopic (exact) mass is 138 g/mol.